The first-order valence-corrected chi connectivity index (χ1v) is 9.88. The number of phenolic OH excluding ortho intramolecular Hbond substituents is 1. The van der Waals surface area contributed by atoms with Gasteiger partial charge >= 0.3 is 0 Å². The zero-order valence-corrected chi connectivity index (χ0v) is 17.2. The quantitative estimate of drug-likeness (QED) is 0.251. The number of carbonyl (C=O) groups is 1. The van der Waals surface area contributed by atoms with E-state index in [-0.39, 0.29) is 5.75 Å². The Balaban J connectivity index is 0.00000210. The molecule has 0 aliphatic heterocycles. The van der Waals surface area contributed by atoms with Crippen molar-refractivity contribution in [2.24, 2.45) is 0 Å². The first-order valence-electron chi connectivity index (χ1n) is 9.88. The summed E-state index contributed by atoms with van der Waals surface area (Å²) < 4.78 is 4.25. The third-order valence-electron chi connectivity index (χ3n) is 3.95. The molecule has 1 aromatic rings. The van der Waals surface area contributed by atoms with Gasteiger partial charge in [-0.15, -0.1) is 0 Å². The Morgan fingerprint density at radius 3 is 2.22 bits per heavy atom. The normalized spacial score (nSPS) is 11.2. The number of unbranched alkanes of at least 4 members (excludes halogenated alkanes) is 7. The van der Waals surface area contributed by atoms with Crippen LogP contribution in [0.3, 0.4) is 0 Å². The highest BCUT2D eigenvalue weighted by molar-refractivity contribution is 5.85. The lowest BCUT2D eigenvalue weighted by molar-refractivity contribution is 0.112. The van der Waals surface area contributed by atoms with Crippen molar-refractivity contribution < 1.29 is 14.6 Å². The van der Waals surface area contributed by atoms with E-state index in [0.29, 0.717) is 11.8 Å². The van der Waals surface area contributed by atoms with E-state index < -0.39 is 0 Å². The summed E-state index contributed by atoms with van der Waals surface area (Å²) in [6.07, 6.45) is 23.1. The average molecular weight is 373 g/mol. The van der Waals surface area contributed by atoms with E-state index >= 15 is 0 Å². The summed E-state index contributed by atoms with van der Waals surface area (Å²) in [5, 5.41) is 9.60. The number of hydrogen-bond donors (Lipinski definition) is 1. The number of allylic oxidation sites excluding steroid dienone is 5. The lowest BCUT2D eigenvalue weighted by atomic mass is 10.1. The first kappa shape index (κ1) is 24.9. The van der Waals surface area contributed by atoms with E-state index in [9.17, 15) is 9.90 Å². The average Bonchev–Trinajstić information content (AvgIpc) is 2.66. The molecule has 1 N–H and O–H groups in total. The molecule has 0 amide bonds. The third-order valence-corrected chi connectivity index (χ3v) is 3.95. The van der Waals surface area contributed by atoms with Gasteiger partial charge in [0.2, 0.25) is 0 Å². The second-order valence-electron chi connectivity index (χ2n) is 6.39. The Hall–Kier alpha value is -2.13. The lowest BCUT2D eigenvalue weighted by Crippen LogP contribution is -1.85. The topological polar surface area (TPSA) is 46.5 Å². The Morgan fingerprint density at radius 2 is 1.56 bits per heavy atom. The molecule has 0 fully saturated rings. The maximum Gasteiger partial charge on any atom is 0.154 e. The van der Waals surface area contributed by atoms with Crippen molar-refractivity contribution in [3.8, 4) is 5.75 Å². The summed E-state index contributed by atoms with van der Waals surface area (Å²) in [5.41, 5.74) is 1.05. The number of aromatic hydroxyl groups is 1. The Bertz CT molecular complexity index is 571. The van der Waals surface area contributed by atoms with E-state index in [0.717, 1.165) is 12.0 Å². The molecule has 150 valence electrons. The lowest BCUT2D eigenvalue weighted by Gasteiger charge is -2.00. The van der Waals surface area contributed by atoms with E-state index in [2.05, 4.69) is 23.8 Å². The number of aldehydes is 1. The third kappa shape index (κ3) is 13.7. The van der Waals surface area contributed by atoms with Crippen LogP contribution in [0, 0.1) is 0 Å². The fraction of sp³-hybridized carbons (Fsp3) is 0.458. The van der Waals surface area contributed by atoms with Crippen LogP contribution in [0.5, 0.6) is 5.75 Å². The molecule has 0 atom stereocenters. The largest absolute Gasteiger partial charge is 0.507 e. The number of ether oxygens (including phenoxy) is 1. The molecular weight excluding hydrogens is 336 g/mol. The molecule has 0 aromatic heterocycles. The second-order valence-corrected chi connectivity index (χ2v) is 6.39. The highest BCUT2D eigenvalue weighted by Gasteiger charge is 2.02. The van der Waals surface area contributed by atoms with Crippen LogP contribution in [-0.2, 0) is 4.74 Å². The number of carbonyl (C=O) groups excluding carboxylic acids is 1. The van der Waals surface area contributed by atoms with Crippen molar-refractivity contribution in [2.75, 3.05) is 14.2 Å². The molecule has 1 rings (SSSR count). The number of benzene rings is 1. The Kier molecular flexibility index (Phi) is 17.2. The summed E-state index contributed by atoms with van der Waals surface area (Å²) in [6.45, 7) is 2.25. The molecule has 0 bridgehead atoms. The van der Waals surface area contributed by atoms with Crippen LogP contribution < -0.4 is 0 Å². The highest BCUT2D eigenvalue weighted by atomic mass is 16.4. The zero-order valence-electron chi connectivity index (χ0n) is 17.2. The smallest absolute Gasteiger partial charge is 0.154 e. The highest BCUT2D eigenvalue weighted by Crippen LogP contribution is 2.19. The minimum absolute atomic E-state index is 0.0192. The predicted molar refractivity (Wildman–Crippen MR) is 116 cm³/mol. The standard InChI is InChI=1S/C22H30O2.C2H6O/c1-2-3-4-5-6-7-8-9-10-11-12-13-14-16-20-17-15-18-22(24)21(20)19-23;1-3-2/h10-19,24H,2-9H2,1H3;1-2H3. The molecule has 3 nitrogen and oxygen atoms in total. The van der Waals surface area contributed by atoms with Crippen LogP contribution in [0.15, 0.2) is 48.6 Å². The van der Waals surface area contributed by atoms with Crippen LogP contribution in [0.1, 0.15) is 74.2 Å². The van der Waals surface area contributed by atoms with Crippen molar-refractivity contribution in [3.05, 3.63) is 59.7 Å². The minimum Gasteiger partial charge on any atom is -0.507 e. The molecule has 3 heteroatoms. The van der Waals surface area contributed by atoms with Crippen LogP contribution in [-0.4, -0.2) is 25.6 Å². The number of rotatable bonds is 12. The van der Waals surface area contributed by atoms with E-state index in [1.54, 1.807) is 20.3 Å². The maximum absolute atomic E-state index is 11.0. The number of methoxy groups -OCH3 is 1. The van der Waals surface area contributed by atoms with Crippen LogP contribution in [0.2, 0.25) is 0 Å². The zero-order chi connectivity index (χ0) is 20.2. The van der Waals surface area contributed by atoms with Gasteiger partial charge in [-0.25, -0.2) is 0 Å². The molecule has 0 aliphatic rings. The second kappa shape index (κ2) is 18.7. The van der Waals surface area contributed by atoms with Gasteiger partial charge < -0.3 is 9.84 Å². The van der Waals surface area contributed by atoms with Gasteiger partial charge in [-0.2, -0.15) is 0 Å². The van der Waals surface area contributed by atoms with Gasteiger partial charge in [0, 0.05) is 14.2 Å². The van der Waals surface area contributed by atoms with Crippen LogP contribution >= 0.6 is 0 Å². The Morgan fingerprint density at radius 1 is 0.926 bits per heavy atom. The van der Waals surface area contributed by atoms with Crippen molar-refractivity contribution in [2.45, 2.75) is 58.3 Å². The van der Waals surface area contributed by atoms with Gasteiger partial charge in [-0.3, -0.25) is 4.79 Å². The van der Waals surface area contributed by atoms with Crippen molar-refractivity contribution in [3.63, 3.8) is 0 Å². The fourth-order valence-electron chi connectivity index (χ4n) is 2.53. The van der Waals surface area contributed by atoms with Crippen molar-refractivity contribution in [1.29, 1.82) is 0 Å². The predicted octanol–water partition coefficient (Wildman–Crippen LogP) is 6.73. The minimum atomic E-state index is 0.0192. The first-order chi connectivity index (χ1) is 13.2. The number of hydrogen-bond acceptors (Lipinski definition) is 3. The van der Waals surface area contributed by atoms with Gasteiger partial charge in [0.15, 0.2) is 6.29 Å². The fourth-order valence-corrected chi connectivity index (χ4v) is 2.53. The van der Waals surface area contributed by atoms with Crippen molar-refractivity contribution >= 4 is 12.4 Å². The van der Waals surface area contributed by atoms with Gasteiger partial charge in [-0.05, 0) is 24.5 Å². The molecule has 0 aliphatic carbocycles. The maximum atomic E-state index is 11.0. The summed E-state index contributed by atoms with van der Waals surface area (Å²) in [4.78, 5) is 11.0. The molecule has 0 radical (unpaired) electrons. The molecule has 0 heterocycles. The molecule has 0 saturated heterocycles. The van der Waals surface area contributed by atoms with Crippen LogP contribution in [0.4, 0.5) is 0 Å². The van der Waals surface area contributed by atoms with E-state index in [4.69, 9.17) is 0 Å². The molecule has 27 heavy (non-hydrogen) atoms. The van der Waals surface area contributed by atoms with E-state index in [1.807, 2.05) is 30.4 Å². The number of phenols is 1. The Labute approximate surface area is 165 Å². The summed E-state index contributed by atoms with van der Waals surface area (Å²) in [7, 11) is 3.25. The molecular formula is C24H36O3. The van der Waals surface area contributed by atoms with Crippen molar-refractivity contribution in [1.82, 2.24) is 0 Å². The van der Waals surface area contributed by atoms with Gasteiger partial charge in [-0.1, -0.05) is 94.0 Å². The van der Waals surface area contributed by atoms with Gasteiger partial charge in [0.1, 0.15) is 5.75 Å². The molecule has 0 spiro atoms. The summed E-state index contributed by atoms with van der Waals surface area (Å²) >= 11 is 0. The van der Waals surface area contributed by atoms with Gasteiger partial charge in [0.05, 0.1) is 5.56 Å². The van der Waals surface area contributed by atoms with Crippen LogP contribution in [0.25, 0.3) is 6.08 Å². The summed E-state index contributed by atoms with van der Waals surface area (Å²) in [6, 6.07) is 5.06. The molecule has 0 saturated carbocycles. The SMILES string of the molecule is CCCCCCCCCC=CC=CC=Cc1cccc(O)c1C=O.COC. The van der Waals surface area contributed by atoms with E-state index in [1.165, 1.54) is 51.0 Å². The van der Waals surface area contributed by atoms with Gasteiger partial charge in [0.25, 0.3) is 0 Å². The summed E-state index contributed by atoms with van der Waals surface area (Å²) in [5.74, 6) is 0.0192. The monoisotopic (exact) mass is 372 g/mol. The molecule has 1 aromatic carbocycles. The molecule has 0 unspecified atom stereocenters.